The van der Waals surface area contributed by atoms with E-state index >= 15 is 0 Å². The molecule has 0 spiro atoms. The van der Waals surface area contributed by atoms with Crippen LogP contribution >= 0.6 is 23.2 Å². The summed E-state index contributed by atoms with van der Waals surface area (Å²) in [7, 11) is 1.33. The van der Waals surface area contributed by atoms with Gasteiger partial charge in [-0.05, 0) is 31.5 Å². The van der Waals surface area contributed by atoms with Gasteiger partial charge >= 0.3 is 5.97 Å². The van der Waals surface area contributed by atoms with E-state index in [4.69, 9.17) is 27.9 Å². The molecule has 0 aliphatic heterocycles. The lowest BCUT2D eigenvalue weighted by Gasteiger charge is -2.20. The van der Waals surface area contributed by atoms with E-state index in [2.05, 4.69) is 4.74 Å². The van der Waals surface area contributed by atoms with Crippen molar-refractivity contribution in [3.63, 3.8) is 0 Å². The molecule has 0 unspecified atom stereocenters. The Balaban J connectivity index is 2.33. The third kappa shape index (κ3) is 7.10. The third-order valence-electron chi connectivity index (χ3n) is 3.23. The number of halogens is 2. The minimum atomic E-state index is -0.322. The molecular weight excluding hydrogens is 341 g/mol. The van der Waals surface area contributed by atoms with E-state index in [1.165, 1.54) is 7.11 Å². The van der Waals surface area contributed by atoms with E-state index in [1.54, 1.807) is 23.1 Å². The molecule has 0 saturated carbocycles. The van der Waals surface area contributed by atoms with Gasteiger partial charge in [-0.1, -0.05) is 23.2 Å². The highest BCUT2D eigenvalue weighted by molar-refractivity contribution is 6.35. The fourth-order valence-electron chi connectivity index (χ4n) is 1.94. The molecule has 0 aromatic heterocycles. The van der Waals surface area contributed by atoms with E-state index in [9.17, 15) is 9.59 Å². The molecule has 0 atom stereocenters. The first-order valence-corrected chi connectivity index (χ1v) is 8.16. The zero-order chi connectivity index (χ0) is 17.2. The molecule has 1 amide bonds. The zero-order valence-electron chi connectivity index (χ0n) is 13.3. The average molecular weight is 362 g/mol. The van der Waals surface area contributed by atoms with Crippen LogP contribution in [0.1, 0.15) is 26.2 Å². The van der Waals surface area contributed by atoms with Crippen LogP contribution in [0.4, 0.5) is 0 Å². The molecule has 7 heteroatoms. The number of esters is 1. The van der Waals surface area contributed by atoms with Gasteiger partial charge in [0.15, 0.2) is 0 Å². The molecule has 0 saturated heterocycles. The lowest BCUT2D eigenvalue weighted by Crippen LogP contribution is -2.33. The predicted octanol–water partition coefficient (Wildman–Crippen LogP) is 3.56. The maximum absolute atomic E-state index is 12.1. The van der Waals surface area contributed by atoms with Crippen LogP contribution in [0.15, 0.2) is 18.2 Å². The number of carbonyl (C=O) groups is 2. The number of methoxy groups -OCH3 is 1. The van der Waals surface area contributed by atoms with Crippen LogP contribution in [0.2, 0.25) is 10.0 Å². The molecule has 23 heavy (non-hydrogen) atoms. The minimum Gasteiger partial charge on any atom is -0.492 e. The van der Waals surface area contributed by atoms with Crippen molar-refractivity contribution in [2.24, 2.45) is 0 Å². The largest absolute Gasteiger partial charge is 0.492 e. The summed E-state index contributed by atoms with van der Waals surface area (Å²) in [6, 6.07) is 5.00. The highest BCUT2D eigenvalue weighted by Crippen LogP contribution is 2.27. The van der Waals surface area contributed by atoms with Gasteiger partial charge in [0.2, 0.25) is 5.91 Å². The van der Waals surface area contributed by atoms with Crippen LogP contribution in [0.25, 0.3) is 0 Å². The van der Waals surface area contributed by atoms with E-state index in [-0.39, 0.29) is 18.3 Å². The molecule has 0 bridgehead atoms. The van der Waals surface area contributed by atoms with Crippen LogP contribution in [0.3, 0.4) is 0 Å². The van der Waals surface area contributed by atoms with Crippen molar-refractivity contribution in [3.8, 4) is 5.75 Å². The predicted molar refractivity (Wildman–Crippen MR) is 90.1 cm³/mol. The fraction of sp³-hybridized carbons (Fsp3) is 0.500. The fourth-order valence-corrected chi connectivity index (χ4v) is 2.41. The molecular formula is C16H21Cl2NO4. The highest BCUT2D eigenvalue weighted by atomic mass is 35.5. The number of hydrogen-bond donors (Lipinski definition) is 0. The maximum Gasteiger partial charge on any atom is 0.307 e. The summed E-state index contributed by atoms with van der Waals surface area (Å²) in [6.07, 6.45) is 1.11. The van der Waals surface area contributed by atoms with Crippen molar-refractivity contribution < 1.29 is 19.1 Å². The number of benzene rings is 1. The molecule has 1 aromatic carbocycles. The van der Waals surface area contributed by atoms with Gasteiger partial charge in [-0.15, -0.1) is 0 Å². The Morgan fingerprint density at radius 1 is 1.22 bits per heavy atom. The smallest absolute Gasteiger partial charge is 0.307 e. The second-order valence-corrected chi connectivity index (χ2v) is 5.67. The van der Waals surface area contributed by atoms with Crippen molar-refractivity contribution in [2.75, 3.05) is 26.8 Å². The Labute approximate surface area is 146 Å². The number of carbonyl (C=O) groups excluding carboxylic acids is 2. The zero-order valence-corrected chi connectivity index (χ0v) is 14.8. The van der Waals surface area contributed by atoms with Gasteiger partial charge in [-0.2, -0.15) is 0 Å². The van der Waals surface area contributed by atoms with Gasteiger partial charge in [-0.25, -0.2) is 0 Å². The van der Waals surface area contributed by atoms with Crippen LogP contribution in [0.5, 0.6) is 5.75 Å². The number of nitrogens with zero attached hydrogens (tertiary/aromatic N) is 1. The minimum absolute atomic E-state index is 0.0118. The highest BCUT2D eigenvalue weighted by Gasteiger charge is 2.13. The molecule has 128 valence electrons. The molecule has 0 fully saturated rings. The summed E-state index contributed by atoms with van der Waals surface area (Å²) in [5.74, 6) is 0.209. The molecule has 0 radical (unpaired) electrons. The van der Waals surface area contributed by atoms with E-state index in [0.29, 0.717) is 48.3 Å². The van der Waals surface area contributed by atoms with Gasteiger partial charge in [0.1, 0.15) is 5.75 Å². The van der Waals surface area contributed by atoms with Gasteiger partial charge in [0, 0.05) is 24.5 Å². The molecule has 5 nitrogen and oxygen atoms in total. The van der Waals surface area contributed by atoms with Crippen LogP contribution in [-0.2, 0) is 14.3 Å². The van der Waals surface area contributed by atoms with E-state index < -0.39 is 0 Å². The van der Waals surface area contributed by atoms with Gasteiger partial charge in [0.05, 0.1) is 25.2 Å². The second-order valence-electron chi connectivity index (χ2n) is 4.83. The summed E-state index contributed by atoms with van der Waals surface area (Å²) in [4.78, 5) is 24.8. The van der Waals surface area contributed by atoms with Crippen molar-refractivity contribution >= 4 is 35.1 Å². The molecule has 0 N–H and O–H groups in total. The summed E-state index contributed by atoms with van der Waals surface area (Å²) < 4.78 is 10.1. The van der Waals surface area contributed by atoms with Crippen molar-refractivity contribution in [1.82, 2.24) is 4.90 Å². The first-order valence-electron chi connectivity index (χ1n) is 7.40. The van der Waals surface area contributed by atoms with Gasteiger partial charge < -0.3 is 14.4 Å². The Morgan fingerprint density at radius 3 is 2.57 bits per heavy atom. The van der Waals surface area contributed by atoms with Gasteiger partial charge in [-0.3, -0.25) is 9.59 Å². The SMILES string of the molecule is CCN(CCC(=O)OC)C(=O)CCCOc1ccc(Cl)cc1Cl. The van der Waals surface area contributed by atoms with Gasteiger partial charge in [0.25, 0.3) is 0 Å². The monoisotopic (exact) mass is 361 g/mol. The van der Waals surface area contributed by atoms with E-state index in [1.807, 2.05) is 6.92 Å². The normalized spacial score (nSPS) is 10.3. The second kappa shape index (κ2) is 10.3. The number of amides is 1. The summed E-state index contributed by atoms with van der Waals surface area (Å²) in [5, 5.41) is 0.985. The standard InChI is InChI=1S/C16H21Cl2NO4/c1-3-19(9-8-16(21)22-2)15(20)5-4-10-23-14-7-6-12(17)11-13(14)18/h6-7,11H,3-5,8-10H2,1-2H3. The van der Waals surface area contributed by atoms with E-state index in [0.717, 1.165) is 0 Å². The summed E-state index contributed by atoms with van der Waals surface area (Å²) in [5.41, 5.74) is 0. The van der Waals surface area contributed by atoms with Crippen molar-refractivity contribution in [3.05, 3.63) is 28.2 Å². The Hall–Kier alpha value is -1.46. The summed E-state index contributed by atoms with van der Waals surface area (Å²) in [6.45, 7) is 3.17. The first kappa shape index (κ1) is 19.6. The molecule has 0 aliphatic carbocycles. The average Bonchev–Trinajstić information content (AvgIpc) is 2.53. The van der Waals surface area contributed by atoms with Crippen molar-refractivity contribution in [2.45, 2.75) is 26.2 Å². The Kier molecular flexibility index (Phi) is 8.81. The molecule has 0 aliphatic rings. The van der Waals surface area contributed by atoms with Crippen LogP contribution in [-0.4, -0.2) is 43.6 Å². The number of hydrogen-bond acceptors (Lipinski definition) is 4. The molecule has 1 rings (SSSR count). The maximum atomic E-state index is 12.1. The summed E-state index contributed by atoms with van der Waals surface area (Å²) >= 11 is 11.8. The quantitative estimate of drug-likeness (QED) is 0.498. The van der Waals surface area contributed by atoms with Crippen LogP contribution in [0, 0.1) is 0 Å². The topological polar surface area (TPSA) is 55.8 Å². The van der Waals surface area contributed by atoms with Crippen molar-refractivity contribution in [1.29, 1.82) is 0 Å². The number of ether oxygens (including phenoxy) is 2. The Bertz CT molecular complexity index is 537. The molecule has 1 aromatic rings. The Morgan fingerprint density at radius 2 is 1.96 bits per heavy atom. The lowest BCUT2D eigenvalue weighted by atomic mass is 10.2. The third-order valence-corrected chi connectivity index (χ3v) is 3.76. The first-order chi connectivity index (χ1) is 11.0. The molecule has 0 heterocycles. The van der Waals surface area contributed by atoms with Crippen LogP contribution < -0.4 is 4.74 Å². The lowest BCUT2D eigenvalue weighted by molar-refractivity contribution is -0.141. The number of rotatable bonds is 9.